The number of carboxylic acids is 1. The number of hydrogen-bond acceptors (Lipinski definition) is 5. The van der Waals surface area contributed by atoms with Crippen molar-refractivity contribution in [2.75, 3.05) is 5.32 Å². The highest BCUT2D eigenvalue weighted by atomic mass is 32.1. The minimum atomic E-state index is -1.05. The van der Waals surface area contributed by atoms with Gasteiger partial charge in [-0.3, -0.25) is 4.79 Å². The van der Waals surface area contributed by atoms with Crippen LogP contribution < -0.4 is 5.32 Å². The van der Waals surface area contributed by atoms with Gasteiger partial charge in [0.05, 0.1) is 4.88 Å². The van der Waals surface area contributed by atoms with Gasteiger partial charge in [-0.05, 0) is 12.1 Å². The number of nitrogens with zero attached hydrogens (tertiary/aromatic N) is 1. The molecule has 0 aromatic carbocycles. The largest absolute Gasteiger partial charge is 0.477 e. The van der Waals surface area contributed by atoms with E-state index in [0.717, 1.165) is 11.3 Å². The summed E-state index contributed by atoms with van der Waals surface area (Å²) in [5, 5.41) is 14.7. The van der Waals surface area contributed by atoms with Gasteiger partial charge in [0.15, 0.2) is 5.82 Å². The maximum atomic E-state index is 11.6. The molecule has 0 saturated heterocycles. The predicted octanol–water partition coefficient (Wildman–Crippen LogP) is 1.69. The lowest BCUT2D eigenvalue weighted by Crippen LogP contribution is -2.10. The Morgan fingerprint density at radius 3 is 2.62 bits per heavy atom. The fourth-order valence-electron chi connectivity index (χ4n) is 1.03. The highest BCUT2D eigenvalue weighted by Gasteiger charge is 2.13. The molecule has 0 atom stereocenters. The molecule has 16 heavy (non-hydrogen) atoms. The zero-order chi connectivity index (χ0) is 11.5. The molecule has 2 rings (SSSR count). The monoisotopic (exact) mass is 238 g/mol. The maximum Gasteiger partial charge on any atom is 0.345 e. The van der Waals surface area contributed by atoms with Crippen molar-refractivity contribution in [2.45, 2.75) is 0 Å². The van der Waals surface area contributed by atoms with Gasteiger partial charge in [0.1, 0.15) is 11.1 Å². The number of hydrogen-bond donors (Lipinski definition) is 2. The Morgan fingerprint density at radius 2 is 2.06 bits per heavy atom. The lowest BCUT2D eigenvalue weighted by molar-refractivity contribution is 0.0702. The number of aromatic nitrogens is 1. The number of amides is 1. The molecule has 2 aromatic heterocycles. The summed E-state index contributed by atoms with van der Waals surface area (Å²) in [5.74, 6) is -1.17. The molecule has 7 heteroatoms. The lowest BCUT2D eigenvalue weighted by atomic mass is 10.4. The minimum Gasteiger partial charge on any atom is -0.477 e. The highest BCUT2D eigenvalue weighted by Crippen LogP contribution is 2.17. The van der Waals surface area contributed by atoms with Crippen molar-refractivity contribution in [2.24, 2.45) is 0 Å². The SMILES string of the molecule is O=C(O)c1ccc(C(=O)Nc2ccon2)s1. The average Bonchev–Trinajstić information content (AvgIpc) is 2.86. The van der Waals surface area contributed by atoms with Gasteiger partial charge in [-0.25, -0.2) is 4.79 Å². The van der Waals surface area contributed by atoms with Gasteiger partial charge in [-0.2, -0.15) is 0 Å². The first-order valence-corrected chi connectivity index (χ1v) is 5.03. The van der Waals surface area contributed by atoms with Gasteiger partial charge < -0.3 is 14.9 Å². The van der Waals surface area contributed by atoms with Crippen LogP contribution in [0.25, 0.3) is 0 Å². The van der Waals surface area contributed by atoms with Crippen LogP contribution in [0.2, 0.25) is 0 Å². The van der Waals surface area contributed by atoms with Crippen LogP contribution in [0.3, 0.4) is 0 Å². The summed E-state index contributed by atoms with van der Waals surface area (Å²) in [5.41, 5.74) is 0. The number of anilines is 1. The molecule has 0 spiro atoms. The first-order valence-electron chi connectivity index (χ1n) is 4.21. The molecule has 0 bridgehead atoms. The average molecular weight is 238 g/mol. The van der Waals surface area contributed by atoms with Crippen molar-refractivity contribution in [3.8, 4) is 0 Å². The summed E-state index contributed by atoms with van der Waals surface area (Å²) < 4.78 is 4.54. The van der Waals surface area contributed by atoms with Crippen molar-refractivity contribution < 1.29 is 19.2 Å². The van der Waals surface area contributed by atoms with Crippen LogP contribution in [-0.2, 0) is 0 Å². The van der Waals surface area contributed by atoms with E-state index >= 15 is 0 Å². The molecule has 2 aromatic rings. The van der Waals surface area contributed by atoms with Crippen molar-refractivity contribution in [1.29, 1.82) is 0 Å². The summed E-state index contributed by atoms with van der Waals surface area (Å²) in [7, 11) is 0. The number of rotatable bonds is 3. The van der Waals surface area contributed by atoms with E-state index in [1.54, 1.807) is 0 Å². The van der Waals surface area contributed by atoms with Crippen LogP contribution in [-0.4, -0.2) is 22.1 Å². The van der Waals surface area contributed by atoms with Gasteiger partial charge in [-0.15, -0.1) is 11.3 Å². The molecule has 2 heterocycles. The van der Waals surface area contributed by atoms with Gasteiger partial charge in [0.2, 0.25) is 0 Å². The Labute approximate surface area is 93.5 Å². The zero-order valence-electron chi connectivity index (χ0n) is 7.84. The van der Waals surface area contributed by atoms with Gasteiger partial charge in [-0.1, -0.05) is 5.16 Å². The second-order valence-electron chi connectivity index (χ2n) is 2.81. The zero-order valence-corrected chi connectivity index (χ0v) is 8.65. The molecule has 0 aliphatic rings. The third-order valence-corrected chi connectivity index (χ3v) is 2.79. The summed E-state index contributed by atoms with van der Waals surface area (Å²) in [4.78, 5) is 22.6. The van der Waals surface area contributed by atoms with E-state index < -0.39 is 11.9 Å². The fraction of sp³-hybridized carbons (Fsp3) is 0. The van der Waals surface area contributed by atoms with Crippen LogP contribution in [0, 0.1) is 0 Å². The molecule has 0 saturated carbocycles. The molecule has 0 aliphatic carbocycles. The van der Waals surface area contributed by atoms with Gasteiger partial charge >= 0.3 is 5.97 Å². The van der Waals surface area contributed by atoms with Gasteiger partial charge in [0, 0.05) is 6.07 Å². The Kier molecular flexibility index (Phi) is 2.69. The lowest BCUT2D eigenvalue weighted by Gasteiger charge is -1.96. The molecule has 0 radical (unpaired) electrons. The third-order valence-electron chi connectivity index (χ3n) is 1.72. The molecule has 6 nitrogen and oxygen atoms in total. The van der Waals surface area contributed by atoms with E-state index in [-0.39, 0.29) is 10.7 Å². The van der Waals surface area contributed by atoms with Crippen LogP contribution in [0.15, 0.2) is 29.0 Å². The van der Waals surface area contributed by atoms with Gasteiger partial charge in [0.25, 0.3) is 5.91 Å². The molecule has 82 valence electrons. The third kappa shape index (κ3) is 2.09. The number of thiophene rings is 1. The quantitative estimate of drug-likeness (QED) is 0.848. The van der Waals surface area contributed by atoms with Crippen LogP contribution in [0.1, 0.15) is 19.3 Å². The number of nitrogens with one attached hydrogen (secondary N) is 1. The summed E-state index contributed by atoms with van der Waals surface area (Å²) in [6, 6.07) is 4.32. The Morgan fingerprint density at radius 1 is 1.31 bits per heavy atom. The van der Waals surface area contributed by atoms with E-state index in [1.165, 1.54) is 24.5 Å². The van der Waals surface area contributed by atoms with Crippen molar-refractivity contribution in [3.05, 3.63) is 34.2 Å². The highest BCUT2D eigenvalue weighted by molar-refractivity contribution is 7.15. The van der Waals surface area contributed by atoms with Crippen molar-refractivity contribution in [3.63, 3.8) is 0 Å². The van der Waals surface area contributed by atoms with Crippen LogP contribution in [0.4, 0.5) is 5.82 Å². The normalized spacial score (nSPS) is 10.0. The molecular weight excluding hydrogens is 232 g/mol. The van der Waals surface area contributed by atoms with Crippen LogP contribution >= 0.6 is 11.3 Å². The van der Waals surface area contributed by atoms with Crippen LogP contribution in [0.5, 0.6) is 0 Å². The Balaban J connectivity index is 2.12. The molecular formula is C9H6N2O4S. The predicted molar refractivity (Wildman–Crippen MR) is 55.7 cm³/mol. The first kappa shape index (κ1) is 10.4. The first-order chi connectivity index (χ1) is 7.66. The van der Waals surface area contributed by atoms with E-state index in [2.05, 4.69) is 15.0 Å². The standard InChI is InChI=1S/C9H6N2O4S/c12-8(10-7-3-4-15-11-7)5-1-2-6(16-5)9(13)14/h1-4H,(H,13,14)(H,10,11,12). The fourth-order valence-corrected chi connectivity index (χ4v) is 1.77. The number of carbonyl (C=O) groups excluding carboxylic acids is 1. The number of carboxylic acid groups (broad SMARTS) is 1. The molecule has 1 amide bonds. The van der Waals surface area contributed by atoms with Crippen molar-refractivity contribution >= 4 is 29.0 Å². The maximum absolute atomic E-state index is 11.6. The second kappa shape index (κ2) is 4.15. The molecule has 0 unspecified atom stereocenters. The molecule has 0 fully saturated rings. The summed E-state index contributed by atoms with van der Waals surface area (Å²) in [6.07, 6.45) is 1.33. The Hall–Kier alpha value is -2.15. The number of aromatic carboxylic acids is 1. The van der Waals surface area contributed by atoms with E-state index in [1.807, 2.05) is 0 Å². The molecule has 0 aliphatic heterocycles. The summed E-state index contributed by atoms with van der Waals surface area (Å²) in [6.45, 7) is 0. The van der Waals surface area contributed by atoms with E-state index in [9.17, 15) is 9.59 Å². The summed E-state index contributed by atoms with van der Waals surface area (Å²) >= 11 is 0.901. The van der Waals surface area contributed by atoms with E-state index in [4.69, 9.17) is 5.11 Å². The number of carbonyl (C=O) groups is 2. The second-order valence-corrected chi connectivity index (χ2v) is 3.89. The van der Waals surface area contributed by atoms with E-state index in [0.29, 0.717) is 4.88 Å². The molecule has 2 N–H and O–H groups in total. The topological polar surface area (TPSA) is 92.4 Å². The Bertz CT molecular complexity index is 517. The van der Waals surface area contributed by atoms with Crippen molar-refractivity contribution in [1.82, 2.24) is 5.16 Å². The minimum absolute atomic E-state index is 0.116. The smallest absolute Gasteiger partial charge is 0.345 e.